The largest absolute Gasteiger partial charge is 0.358 e. The number of likely N-dealkylation sites (tertiary alicyclic amines) is 1. The molecule has 2 amide bonds. The molecule has 3 fully saturated rings. The maximum atomic E-state index is 13.4. The zero-order chi connectivity index (χ0) is 25.0. The van der Waals surface area contributed by atoms with Gasteiger partial charge in [0.25, 0.3) is 5.91 Å². The first-order chi connectivity index (χ1) is 18.1. The second kappa shape index (κ2) is 8.89. The Hall–Kier alpha value is -3.35. The highest BCUT2D eigenvalue weighted by Crippen LogP contribution is 2.60. The van der Waals surface area contributed by atoms with Crippen LogP contribution in [0.15, 0.2) is 42.6 Å². The average molecular weight is 498 g/mol. The fourth-order valence-corrected chi connectivity index (χ4v) is 7.04. The zero-order valence-corrected chi connectivity index (χ0v) is 21.4. The van der Waals surface area contributed by atoms with Gasteiger partial charge in [0.1, 0.15) is 5.82 Å². The van der Waals surface area contributed by atoms with E-state index in [0.29, 0.717) is 5.91 Å². The van der Waals surface area contributed by atoms with E-state index in [9.17, 15) is 9.59 Å². The lowest BCUT2D eigenvalue weighted by molar-refractivity contribution is -0.134. The van der Waals surface area contributed by atoms with Crippen molar-refractivity contribution in [1.29, 1.82) is 0 Å². The van der Waals surface area contributed by atoms with Crippen molar-refractivity contribution in [3.05, 3.63) is 59.4 Å². The number of H-pyrrole nitrogens is 1. The minimum Gasteiger partial charge on any atom is -0.358 e. The predicted molar refractivity (Wildman–Crippen MR) is 144 cm³/mol. The van der Waals surface area contributed by atoms with Crippen LogP contribution in [-0.4, -0.2) is 70.9 Å². The summed E-state index contributed by atoms with van der Waals surface area (Å²) in [5.41, 5.74) is 4.82. The van der Waals surface area contributed by atoms with Crippen LogP contribution in [0.3, 0.4) is 0 Å². The minimum atomic E-state index is 0.107. The molecule has 2 aliphatic heterocycles. The van der Waals surface area contributed by atoms with Gasteiger partial charge in [-0.05, 0) is 86.3 Å². The number of nitrogens with zero attached hydrogens (tertiary/aromatic N) is 4. The molecule has 0 bridgehead atoms. The van der Waals surface area contributed by atoms with Gasteiger partial charge in [0.2, 0.25) is 5.91 Å². The fourth-order valence-electron chi connectivity index (χ4n) is 7.04. The van der Waals surface area contributed by atoms with Gasteiger partial charge in [-0.3, -0.25) is 9.59 Å². The van der Waals surface area contributed by atoms with E-state index in [2.05, 4.69) is 31.9 Å². The molecule has 1 saturated carbocycles. The molecule has 3 aromatic rings. The Balaban J connectivity index is 0.958. The van der Waals surface area contributed by atoms with E-state index in [1.165, 1.54) is 29.5 Å². The van der Waals surface area contributed by atoms with Crippen molar-refractivity contribution in [3.8, 4) is 0 Å². The lowest BCUT2D eigenvalue weighted by atomic mass is 9.90. The summed E-state index contributed by atoms with van der Waals surface area (Å²) in [7, 11) is 0. The number of hydrogen-bond donors (Lipinski definition) is 1. The number of aryl methyl sites for hydroxylation is 2. The van der Waals surface area contributed by atoms with E-state index in [0.717, 1.165) is 88.3 Å². The summed E-state index contributed by atoms with van der Waals surface area (Å²) in [6.45, 7) is 4.69. The first-order valence-corrected chi connectivity index (χ1v) is 14.0. The summed E-state index contributed by atoms with van der Waals surface area (Å²) in [6.07, 6.45) is 9.36. The maximum Gasteiger partial charge on any atom is 0.253 e. The van der Waals surface area contributed by atoms with Crippen LogP contribution >= 0.6 is 0 Å². The molecule has 192 valence electrons. The van der Waals surface area contributed by atoms with Crippen LogP contribution in [0.5, 0.6) is 0 Å². The highest BCUT2D eigenvalue weighted by atomic mass is 16.2. The number of carbonyl (C=O) groups is 2. The third kappa shape index (κ3) is 3.99. The molecule has 4 aliphatic rings. The van der Waals surface area contributed by atoms with Crippen LogP contribution in [0.1, 0.15) is 53.7 Å². The molecule has 2 aliphatic carbocycles. The third-order valence-corrected chi connectivity index (χ3v) is 9.44. The SMILES string of the molecule is O=C(c1ccc2[nH]c3c(c2c1)CCCC3)N1CCC2(CC1)C[C@@H]2C(=O)N1CCN(c2ccccn2)CC1. The molecular formula is C30H35N5O2. The van der Waals surface area contributed by atoms with Crippen molar-refractivity contribution in [2.75, 3.05) is 44.2 Å². The molecule has 1 spiro atoms. The fraction of sp³-hybridized carbons (Fsp3) is 0.500. The number of rotatable bonds is 3. The number of benzene rings is 1. The predicted octanol–water partition coefficient (Wildman–Crippen LogP) is 4.03. The minimum absolute atomic E-state index is 0.107. The van der Waals surface area contributed by atoms with Gasteiger partial charge >= 0.3 is 0 Å². The molecule has 37 heavy (non-hydrogen) atoms. The highest BCUT2D eigenvalue weighted by Gasteiger charge is 2.59. The molecule has 0 unspecified atom stereocenters. The van der Waals surface area contributed by atoms with Crippen molar-refractivity contribution in [3.63, 3.8) is 0 Å². The monoisotopic (exact) mass is 497 g/mol. The van der Waals surface area contributed by atoms with Crippen LogP contribution < -0.4 is 4.90 Å². The number of aromatic amines is 1. The van der Waals surface area contributed by atoms with E-state index < -0.39 is 0 Å². The topological polar surface area (TPSA) is 72.5 Å². The van der Waals surface area contributed by atoms with Crippen molar-refractivity contribution < 1.29 is 9.59 Å². The first-order valence-electron chi connectivity index (χ1n) is 14.0. The number of aromatic nitrogens is 2. The van der Waals surface area contributed by atoms with Crippen molar-refractivity contribution in [2.24, 2.45) is 11.3 Å². The van der Waals surface area contributed by atoms with Gasteiger partial charge < -0.3 is 19.7 Å². The van der Waals surface area contributed by atoms with Gasteiger partial charge in [-0.2, -0.15) is 0 Å². The third-order valence-electron chi connectivity index (χ3n) is 9.44. The lowest BCUT2D eigenvalue weighted by Gasteiger charge is -2.37. The Morgan fingerprint density at radius 3 is 2.51 bits per heavy atom. The number of piperazine rings is 1. The molecule has 4 heterocycles. The van der Waals surface area contributed by atoms with Crippen molar-refractivity contribution in [1.82, 2.24) is 19.8 Å². The Bertz CT molecular complexity index is 1330. The van der Waals surface area contributed by atoms with E-state index in [-0.39, 0.29) is 17.2 Å². The summed E-state index contributed by atoms with van der Waals surface area (Å²) in [5, 5.41) is 1.23. The Morgan fingerprint density at radius 1 is 0.919 bits per heavy atom. The van der Waals surface area contributed by atoms with Crippen LogP contribution in [0.2, 0.25) is 0 Å². The van der Waals surface area contributed by atoms with E-state index in [1.54, 1.807) is 0 Å². The van der Waals surface area contributed by atoms with Gasteiger partial charge in [-0.1, -0.05) is 6.07 Å². The average Bonchev–Trinajstić information content (AvgIpc) is 3.52. The van der Waals surface area contributed by atoms with Crippen LogP contribution in [-0.2, 0) is 17.6 Å². The van der Waals surface area contributed by atoms with Crippen LogP contribution in [0.4, 0.5) is 5.82 Å². The summed E-state index contributed by atoms with van der Waals surface area (Å²) in [6, 6.07) is 12.1. The number of amides is 2. The normalized spacial score (nSPS) is 22.8. The Morgan fingerprint density at radius 2 is 1.73 bits per heavy atom. The van der Waals surface area contributed by atoms with Crippen molar-refractivity contribution >= 4 is 28.5 Å². The number of nitrogens with one attached hydrogen (secondary N) is 1. The molecule has 0 radical (unpaired) electrons. The summed E-state index contributed by atoms with van der Waals surface area (Å²) >= 11 is 0. The summed E-state index contributed by atoms with van der Waals surface area (Å²) in [4.78, 5) is 41.1. The van der Waals surface area contributed by atoms with Gasteiger partial charge in [0, 0.05) is 73.5 Å². The molecule has 7 heteroatoms. The molecular weight excluding hydrogens is 462 g/mol. The number of pyridine rings is 1. The second-order valence-electron chi connectivity index (χ2n) is 11.5. The quantitative estimate of drug-likeness (QED) is 0.593. The molecule has 2 aromatic heterocycles. The molecule has 1 atom stereocenters. The number of carbonyl (C=O) groups excluding carboxylic acids is 2. The number of anilines is 1. The molecule has 1 N–H and O–H groups in total. The van der Waals surface area contributed by atoms with E-state index in [1.807, 2.05) is 35.4 Å². The molecule has 7 nitrogen and oxygen atoms in total. The Kier molecular flexibility index (Phi) is 5.48. The standard InChI is InChI=1S/C30H35N5O2/c36-28(21-8-9-26-23(19-21)22-5-1-2-6-25(22)32-26)34-13-10-30(11-14-34)20-24(30)29(37)35-17-15-33(16-18-35)27-7-3-4-12-31-27/h3-4,7-9,12,19,24,32H,1-2,5-6,10-11,13-18,20H2/t24-/m1/s1. The van der Waals surface area contributed by atoms with Gasteiger partial charge in [-0.15, -0.1) is 0 Å². The first kappa shape index (κ1) is 22.8. The second-order valence-corrected chi connectivity index (χ2v) is 11.5. The lowest BCUT2D eigenvalue weighted by Crippen LogP contribution is -2.50. The molecule has 2 saturated heterocycles. The highest BCUT2D eigenvalue weighted by molar-refractivity contribution is 5.99. The van der Waals surface area contributed by atoms with E-state index >= 15 is 0 Å². The number of hydrogen-bond acceptors (Lipinski definition) is 4. The molecule has 7 rings (SSSR count). The zero-order valence-electron chi connectivity index (χ0n) is 21.4. The molecule has 1 aromatic carbocycles. The van der Waals surface area contributed by atoms with E-state index in [4.69, 9.17) is 0 Å². The van der Waals surface area contributed by atoms with Crippen LogP contribution in [0, 0.1) is 11.3 Å². The maximum absolute atomic E-state index is 13.4. The van der Waals surface area contributed by atoms with Crippen molar-refractivity contribution in [2.45, 2.75) is 44.9 Å². The van der Waals surface area contributed by atoms with Crippen LogP contribution in [0.25, 0.3) is 10.9 Å². The summed E-state index contributed by atoms with van der Waals surface area (Å²) < 4.78 is 0. The smallest absolute Gasteiger partial charge is 0.253 e. The summed E-state index contributed by atoms with van der Waals surface area (Å²) in [5.74, 6) is 1.58. The van der Waals surface area contributed by atoms with Gasteiger partial charge in [0.05, 0.1) is 0 Å². The Labute approximate surface area is 217 Å². The van der Waals surface area contributed by atoms with Gasteiger partial charge in [-0.25, -0.2) is 4.98 Å². The van der Waals surface area contributed by atoms with Gasteiger partial charge in [0.15, 0.2) is 0 Å². The number of fused-ring (bicyclic) bond motifs is 3. The number of piperidine rings is 1.